The fraction of sp³-hybridized carbons (Fsp3) is 0.900. The summed E-state index contributed by atoms with van der Waals surface area (Å²) in [7, 11) is -1.28. The molecule has 2 saturated heterocycles. The number of nitrogens with one attached hydrogen (secondary N) is 1. The molecule has 2 aliphatic rings. The van der Waals surface area contributed by atoms with E-state index in [-0.39, 0.29) is 18.1 Å². The minimum Gasteiger partial charge on any atom is -0.314 e. The summed E-state index contributed by atoms with van der Waals surface area (Å²) in [6.07, 6.45) is 0.843. The summed E-state index contributed by atoms with van der Waals surface area (Å²) < 4.78 is 24.3. The van der Waals surface area contributed by atoms with Gasteiger partial charge in [0.1, 0.15) is 0 Å². The number of hydrogen-bond acceptors (Lipinski definition) is 5. The summed E-state index contributed by atoms with van der Waals surface area (Å²) in [6, 6.07) is 0.312. The van der Waals surface area contributed by atoms with Crippen LogP contribution >= 0.6 is 0 Å². The highest BCUT2D eigenvalue weighted by atomic mass is 32.2. The molecule has 2 heterocycles. The van der Waals surface area contributed by atoms with Gasteiger partial charge < -0.3 is 10.2 Å². The smallest absolute Gasteiger partial charge is 0.237 e. The molecule has 98 valence electrons. The molecule has 1 amide bonds. The van der Waals surface area contributed by atoms with Crippen LogP contribution in [-0.4, -0.2) is 68.6 Å². The molecule has 17 heavy (non-hydrogen) atoms. The second kappa shape index (κ2) is 4.91. The lowest BCUT2D eigenvalue weighted by molar-refractivity contribution is -0.125. The number of carbonyl (C=O) groups excluding carboxylic acids is 1. The third-order valence-corrected chi connectivity index (χ3v) is 5.28. The third-order valence-electron chi connectivity index (χ3n) is 3.50. The summed E-state index contributed by atoms with van der Waals surface area (Å²) in [5.74, 6) is -0.277. The summed E-state index contributed by atoms with van der Waals surface area (Å²) in [5, 5.41) is 3.28. The van der Waals surface area contributed by atoms with E-state index >= 15 is 0 Å². The van der Waals surface area contributed by atoms with Crippen molar-refractivity contribution in [2.45, 2.75) is 18.9 Å². The minimum absolute atomic E-state index is 0.0232. The van der Waals surface area contributed by atoms with Crippen molar-refractivity contribution in [1.29, 1.82) is 0 Å². The van der Waals surface area contributed by atoms with Crippen molar-refractivity contribution in [3.63, 3.8) is 0 Å². The van der Waals surface area contributed by atoms with Gasteiger partial charge in [0.05, 0.1) is 5.75 Å². The number of likely N-dealkylation sites (N-methyl/N-ethyl adjacent to an activating group) is 1. The van der Waals surface area contributed by atoms with Crippen molar-refractivity contribution in [2.75, 3.05) is 39.0 Å². The highest BCUT2D eigenvalue weighted by Gasteiger charge is 2.35. The molecular formula is C10H19N3O3S. The van der Waals surface area contributed by atoms with Crippen LogP contribution in [0.25, 0.3) is 0 Å². The number of piperazine rings is 1. The molecule has 0 spiro atoms. The Morgan fingerprint density at radius 1 is 1.47 bits per heavy atom. The van der Waals surface area contributed by atoms with Crippen LogP contribution in [0.5, 0.6) is 0 Å². The van der Waals surface area contributed by atoms with Crippen LogP contribution in [-0.2, 0) is 14.8 Å². The Hall–Kier alpha value is -0.660. The van der Waals surface area contributed by atoms with Crippen LogP contribution in [0.4, 0.5) is 0 Å². The number of hydrogen-bond donors (Lipinski definition) is 1. The first kappa shape index (κ1) is 12.8. The van der Waals surface area contributed by atoms with E-state index in [1.54, 1.807) is 0 Å². The van der Waals surface area contributed by atoms with Gasteiger partial charge in [-0.3, -0.25) is 4.79 Å². The normalized spacial score (nSPS) is 29.8. The number of carbonyl (C=O) groups is 1. The molecule has 0 aliphatic carbocycles. The standard InChI is InChI=1S/C10H19N3O3S/c1-12-6-4-11-8-9(12)2-5-13-10(14)3-7-17(13,15)16/h9,11H,2-8H2,1H3. The maximum atomic E-state index is 11.6. The fourth-order valence-corrected chi connectivity index (χ4v) is 3.76. The molecular weight excluding hydrogens is 242 g/mol. The Morgan fingerprint density at radius 2 is 2.24 bits per heavy atom. The van der Waals surface area contributed by atoms with Crippen molar-refractivity contribution in [2.24, 2.45) is 0 Å². The van der Waals surface area contributed by atoms with Gasteiger partial charge in [0.15, 0.2) is 0 Å². The SMILES string of the molecule is CN1CCNCC1CCN1C(=O)CCS1(=O)=O. The molecule has 2 fully saturated rings. The number of amides is 1. The van der Waals surface area contributed by atoms with Crippen molar-refractivity contribution < 1.29 is 13.2 Å². The first-order chi connectivity index (χ1) is 8.00. The average molecular weight is 261 g/mol. The zero-order valence-corrected chi connectivity index (χ0v) is 10.9. The zero-order valence-electron chi connectivity index (χ0n) is 10.1. The topological polar surface area (TPSA) is 69.7 Å². The molecule has 0 bridgehead atoms. The van der Waals surface area contributed by atoms with Crippen molar-refractivity contribution in [1.82, 2.24) is 14.5 Å². The van der Waals surface area contributed by atoms with E-state index in [1.165, 1.54) is 0 Å². The van der Waals surface area contributed by atoms with Crippen molar-refractivity contribution in [3.8, 4) is 0 Å². The summed E-state index contributed by atoms with van der Waals surface area (Å²) in [4.78, 5) is 13.7. The summed E-state index contributed by atoms with van der Waals surface area (Å²) in [5.41, 5.74) is 0. The quantitative estimate of drug-likeness (QED) is 0.694. The molecule has 1 atom stereocenters. The van der Waals surface area contributed by atoms with Gasteiger partial charge in [0.25, 0.3) is 0 Å². The first-order valence-electron chi connectivity index (χ1n) is 5.95. The third kappa shape index (κ3) is 2.78. The molecule has 0 radical (unpaired) electrons. The summed E-state index contributed by atoms with van der Waals surface area (Å²) in [6.45, 7) is 3.11. The van der Waals surface area contributed by atoms with E-state index in [0.717, 1.165) is 23.9 Å². The predicted molar refractivity (Wildman–Crippen MR) is 64.0 cm³/mol. The van der Waals surface area contributed by atoms with Crippen LogP contribution in [0.15, 0.2) is 0 Å². The van der Waals surface area contributed by atoms with Crippen LogP contribution in [0.1, 0.15) is 12.8 Å². The Labute approximate surface area is 102 Å². The highest BCUT2D eigenvalue weighted by Crippen LogP contribution is 2.17. The molecule has 1 unspecified atom stereocenters. The predicted octanol–water partition coefficient (Wildman–Crippen LogP) is -1.16. The van der Waals surface area contributed by atoms with Crippen LogP contribution in [0.3, 0.4) is 0 Å². The number of nitrogens with zero attached hydrogens (tertiary/aromatic N) is 2. The summed E-state index contributed by atoms with van der Waals surface area (Å²) >= 11 is 0. The number of sulfonamides is 1. The Balaban J connectivity index is 1.91. The number of rotatable bonds is 3. The maximum Gasteiger partial charge on any atom is 0.237 e. The average Bonchev–Trinajstić information content (AvgIpc) is 2.53. The van der Waals surface area contributed by atoms with Gasteiger partial charge in [-0.05, 0) is 13.5 Å². The van der Waals surface area contributed by atoms with Gasteiger partial charge in [0.2, 0.25) is 15.9 Å². The molecule has 0 aromatic heterocycles. The maximum absolute atomic E-state index is 11.6. The van der Waals surface area contributed by atoms with E-state index in [2.05, 4.69) is 10.2 Å². The second-order valence-corrected chi connectivity index (χ2v) is 6.67. The van der Waals surface area contributed by atoms with Crippen LogP contribution < -0.4 is 5.32 Å². The van der Waals surface area contributed by atoms with Gasteiger partial charge in [-0.25, -0.2) is 12.7 Å². The van der Waals surface area contributed by atoms with Crippen LogP contribution in [0.2, 0.25) is 0 Å². The van der Waals surface area contributed by atoms with E-state index in [9.17, 15) is 13.2 Å². The van der Waals surface area contributed by atoms with E-state index in [1.807, 2.05) is 7.05 Å². The Bertz CT molecular complexity index is 396. The Morgan fingerprint density at radius 3 is 2.82 bits per heavy atom. The fourth-order valence-electron chi connectivity index (χ4n) is 2.32. The highest BCUT2D eigenvalue weighted by molar-refractivity contribution is 7.90. The largest absolute Gasteiger partial charge is 0.314 e. The van der Waals surface area contributed by atoms with E-state index < -0.39 is 10.0 Å². The molecule has 0 aromatic rings. The van der Waals surface area contributed by atoms with E-state index in [4.69, 9.17) is 0 Å². The molecule has 0 saturated carbocycles. The molecule has 0 aromatic carbocycles. The van der Waals surface area contributed by atoms with Crippen molar-refractivity contribution in [3.05, 3.63) is 0 Å². The Kier molecular flexibility index (Phi) is 3.70. The van der Waals surface area contributed by atoms with Crippen molar-refractivity contribution >= 4 is 15.9 Å². The first-order valence-corrected chi connectivity index (χ1v) is 7.56. The van der Waals surface area contributed by atoms with Gasteiger partial charge in [-0.1, -0.05) is 0 Å². The zero-order chi connectivity index (χ0) is 12.5. The van der Waals surface area contributed by atoms with Gasteiger partial charge in [-0.15, -0.1) is 0 Å². The lowest BCUT2D eigenvalue weighted by atomic mass is 10.1. The van der Waals surface area contributed by atoms with E-state index in [0.29, 0.717) is 19.0 Å². The van der Waals surface area contributed by atoms with Gasteiger partial charge >= 0.3 is 0 Å². The van der Waals surface area contributed by atoms with Gasteiger partial charge in [-0.2, -0.15) is 0 Å². The molecule has 2 rings (SSSR count). The molecule has 1 N–H and O–H groups in total. The lowest BCUT2D eigenvalue weighted by Crippen LogP contribution is -2.50. The van der Waals surface area contributed by atoms with Gasteiger partial charge in [0, 0.05) is 38.6 Å². The molecule has 6 nitrogen and oxygen atoms in total. The lowest BCUT2D eigenvalue weighted by Gasteiger charge is -2.33. The second-order valence-electron chi connectivity index (χ2n) is 4.66. The molecule has 7 heteroatoms. The van der Waals surface area contributed by atoms with Crippen LogP contribution in [0, 0.1) is 0 Å². The minimum atomic E-state index is -3.31. The monoisotopic (exact) mass is 261 g/mol. The molecule has 2 aliphatic heterocycles.